The number of nitrogens with zero attached hydrogens (tertiary/aromatic N) is 2. The summed E-state index contributed by atoms with van der Waals surface area (Å²) in [6.45, 7) is 4.50. The summed E-state index contributed by atoms with van der Waals surface area (Å²) >= 11 is 12.8. The average molecular weight is 405 g/mol. The molecular formula is C21H22Cl2N2O2. The fourth-order valence-corrected chi connectivity index (χ4v) is 3.50. The third-order valence-electron chi connectivity index (χ3n) is 4.27. The van der Waals surface area contributed by atoms with E-state index in [9.17, 15) is 0 Å². The summed E-state index contributed by atoms with van der Waals surface area (Å²) in [6.07, 6.45) is 5.62. The lowest BCUT2D eigenvalue weighted by molar-refractivity contribution is 0.303. The van der Waals surface area contributed by atoms with Gasteiger partial charge in [-0.05, 0) is 56.9 Å². The van der Waals surface area contributed by atoms with Crippen LogP contribution in [0.5, 0.6) is 5.75 Å². The van der Waals surface area contributed by atoms with Gasteiger partial charge in [-0.1, -0.05) is 34.4 Å². The summed E-state index contributed by atoms with van der Waals surface area (Å²) < 4.78 is 11.0. The van der Waals surface area contributed by atoms with Gasteiger partial charge in [0.25, 0.3) is 0 Å². The molecule has 0 aliphatic carbocycles. The molecule has 3 aromatic rings. The second-order valence-corrected chi connectivity index (χ2v) is 7.35. The molecule has 3 rings (SSSR count). The monoisotopic (exact) mass is 404 g/mol. The Hall–Kier alpha value is -2.04. The van der Waals surface area contributed by atoms with E-state index in [1.807, 2.05) is 44.2 Å². The van der Waals surface area contributed by atoms with E-state index < -0.39 is 0 Å². The zero-order valence-electron chi connectivity index (χ0n) is 15.5. The van der Waals surface area contributed by atoms with Crippen LogP contribution in [0.3, 0.4) is 0 Å². The van der Waals surface area contributed by atoms with E-state index >= 15 is 0 Å². The van der Waals surface area contributed by atoms with Gasteiger partial charge in [-0.2, -0.15) is 0 Å². The van der Waals surface area contributed by atoms with E-state index in [-0.39, 0.29) is 0 Å². The largest absolute Gasteiger partial charge is 0.490 e. The van der Waals surface area contributed by atoms with Crippen molar-refractivity contribution in [1.82, 2.24) is 10.1 Å². The van der Waals surface area contributed by atoms with Crippen molar-refractivity contribution in [3.8, 4) is 17.0 Å². The molecule has 2 heterocycles. The Kier molecular flexibility index (Phi) is 6.75. The second-order valence-electron chi connectivity index (χ2n) is 6.53. The molecule has 1 aromatic carbocycles. The van der Waals surface area contributed by atoms with Crippen molar-refractivity contribution in [2.24, 2.45) is 0 Å². The molecule has 0 bridgehead atoms. The summed E-state index contributed by atoms with van der Waals surface area (Å²) in [5.74, 6) is 1.46. The first kappa shape index (κ1) is 19.7. The minimum atomic E-state index is 0.500. The van der Waals surface area contributed by atoms with Gasteiger partial charge in [0.15, 0.2) is 5.75 Å². The van der Waals surface area contributed by atoms with Crippen LogP contribution < -0.4 is 4.74 Å². The van der Waals surface area contributed by atoms with Crippen LogP contribution in [-0.4, -0.2) is 16.7 Å². The molecule has 0 atom stereocenters. The molecule has 0 aliphatic rings. The summed E-state index contributed by atoms with van der Waals surface area (Å²) in [6, 6.07) is 9.59. The molecule has 0 aliphatic heterocycles. The standard InChI is InChI=1S/C21H22Cl2N2O2/c1-14-7-6-9-24-20(14)16-12-18(22)21(19(23)13-16)26-10-5-3-4-8-17-11-15(2)25-27-17/h6-7,9,11-13H,3-5,8,10H2,1-2H3. The predicted octanol–water partition coefficient (Wildman–Crippen LogP) is 6.45. The zero-order chi connectivity index (χ0) is 19.2. The third-order valence-corrected chi connectivity index (χ3v) is 4.83. The van der Waals surface area contributed by atoms with Crippen molar-refractivity contribution in [3.05, 3.63) is 63.6 Å². The summed E-state index contributed by atoms with van der Waals surface area (Å²) in [5, 5.41) is 4.89. The number of hydrogen-bond acceptors (Lipinski definition) is 4. The van der Waals surface area contributed by atoms with E-state index in [1.54, 1.807) is 6.20 Å². The molecule has 0 N–H and O–H groups in total. The van der Waals surface area contributed by atoms with Crippen LogP contribution in [0.1, 0.15) is 36.3 Å². The average Bonchev–Trinajstić information content (AvgIpc) is 3.05. The van der Waals surface area contributed by atoms with Crippen molar-refractivity contribution in [3.63, 3.8) is 0 Å². The van der Waals surface area contributed by atoms with Crippen molar-refractivity contribution in [2.75, 3.05) is 6.61 Å². The van der Waals surface area contributed by atoms with Gasteiger partial charge in [0.1, 0.15) is 5.76 Å². The number of aromatic nitrogens is 2. The number of ether oxygens (including phenoxy) is 1. The number of aryl methyl sites for hydroxylation is 3. The predicted molar refractivity (Wildman–Crippen MR) is 109 cm³/mol. The Morgan fingerprint density at radius 2 is 1.81 bits per heavy atom. The lowest BCUT2D eigenvalue weighted by atomic mass is 10.1. The topological polar surface area (TPSA) is 48.2 Å². The van der Waals surface area contributed by atoms with Crippen LogP contribution in [-0.2, 0) is 6.42 Å². The molecule has 0 saturated heterocycles. The zero-order valence-corrected chi connectivity index (χ0v) is 17.0. The minimum Gasteiger partial charge on any atom is -0.490 e. The number of hydrogen-bond donors (Lipinski definition) is 0. The van der Waals surface area contributed by atoms with Crippen LogP contribution in [0.4, 0.5) is 0 Å². The van der Waals surface area contributed by atoms with Crippen LogP contribution in [0.2, 0.25) is 10.0 Å². The first-order chi connectivity index (χ1) is 13.0. The van der Waals surface area contributed by atoms with Crippen molar-refractivity contribution >= 4 is 23.2 Å². The first-order valence-corrected chi connectivity index (χ1v) is 9.76. The fraction of sp³-hybridized carbons (Fsp3) is 0.333. The molecule has 6 heteroatoms. The molecule has 27 heavy (non-hydrogen) atoms. The molecule has 0 amide bonds. The molecule has 0 spiro atoms. The Bertz CT molecular complexity index is 886. The van der Waals surface area contributed by atoms with Crippen LogP contribution >= 0.6 is 23.2 Å². The number of pyridine rings is 1. The highest BCUT2D eigenvalue weighted by molar-refractivity contribution is 6.37. The van der Waals surface area contributed by atoms with E-state index in [2.05, 4.69) is 10.1 Å². The Morgan fingerprint density at radius 1 is 1.04 bits per heavy atom. The molecule has 0 saturated carbocycles. The van der Waals surface area contributed by atoms with Gasteiger partial charge in [-0.3, -0.25) is 4.98 Å². The van der Waals surface area contributed by atoms with Crippen molar-refractivity contribution in [1.29, 1.82) is 0 Å². The molecule has 142 valence electrons. The SMILES string of the molecule is Cc1cc(CCCCCOc2c(Cl)cc(-c3ncccc3C)cc2Cl)on1. The fourth-order valence-electron chi connectivity index (χ4n) is 2.91. The quantitative estimate of drug-likeness (QED) is 0.404. The van der Waals surface area contributed by atoms with Crippen molar-refractivity contribution < 1.29 is 9.26 Å². The Morgan fingerprint density at radius 3 is 2.48 bits per heavy atom. The van der Waals surface area contributed by atoms with Gasteiger partial charge < -0.3 is 9.26 Å². The number of unbranched alkanes of at least 4 members (excludes halogenated alkanes) is 2. The smallest absolute Gasteiger partial charge is 0.156 e. The molecular weight excluding hydrogens is 383 g/mol. The van der Waals surface area contributed by atoms with E-state index in [1.165, 1.54) is 0 Å². The summed E-state index contributed by atoms with van der Waals surface area (Å²) in [4.78, 5) is 4.41. The third kappa shape index (κ3) is 5.24. The van der Waals surface area contributed by atoms with Gasteiger partial charge in [0.05, 0.1) is 28.0 Å². The minimum absolute atomic E-state index is 0.500. The highest BCUT2D eigenvalue weighted by atomic mass is 35.5. The molecule has 0 radical (unpaired) electrons. The van der Waals surface area contributed by atoms with E-state index in [4.69, 9.17) is 32.5 Å². The summed E-state index contributed by atoms with van der Waals surface area (Å²) in [5.41, 5.74) is 3.75. The number of halogens is 2. The van der Waals surface area contributed by atoms with Gasteiger partial charge in [-0.25, -0.2) is 0 Å². The molecule has 0 unspecified atom stereocenters. The van der Waals surface area contributed by atoms with Gasteiger partial charge >= 0.3 is 0 Å². The maximum atomic E-state index is 6.40. The highest BCUT2D eigenvalue weighted by Gasteiger charge is 2.12. The maximum absolute atomic E-state index is 6.40. The lowest BCUT2D eigenvalue weighted by Gasteiger charge is -2.12. The van der Waals surface area contributed by atoms with Crippen LogP contribution in [0, 0.1) is 13.8 Å². The molecule has 4 nitrogen and oxygen atoms in total. The van der Waals surface area contributed by atoms with E-state index in [0.29, 0.717) is 22.4 Å². The number of benzene rings is 1. The van der Waals surface area contributed by atoms with Crippen LogP contribution in [0.15, 0.2) is 41.1 Å². The second kappa shape index (κ2) is 9.25. The molecule has 0 fully saturated rings. The van der Waals surface area contributed by atoms with Crippen molar-refractivity contribution in [2.45, 2.75) is 39.5 Å². The Balaban J connectivity index is 1.52. The highest BCUT2D eigenvalue weighted by Crippen LogP contribution is 2.37. The number of rotatable bonds is 8. The van der Waals surface area contributed by atoms with E-state index in [0.717, 1.165) is 54.0 Å². The maximum Gasteiger partial charge on any atom is 0.156 e. The van der Waals surface area contributed by atoms with Gasteiger partial charge in [0, 0.05) is 24.2 Å². The van der Waals surface area contributed by atoms with Gasteiger partial charge in [-0.15, -0.1) is 0 Å². The lowest BCUT2D eigenvalue weighted by Crippen LogP contribution is -1.99. The first-order valence-electron chi connectivity index (χ1n) is 9.00. The molecule has 2 aromatic heterocycles. The van der Waals surface area contributed by atoms with Gasteiger partial charge in [0.2, 0.25) is 0 Å². The summed E-state index contributed by atoms with van der Waals surface area (Å²) in [7, 11) is 0. The van der Waals surface area contributed by atoms with Crippen LogP contribution in [0.25, 0.3) is 11.3 Å². The normalized spacial score (nSPS) is 11.0. The Labute approximate surface area is 169 Å².